The largest absolute Gasteiger partial charge is 0.369 e. The van der Waals surface area contributed by atoms with E-state index in [9.17, 15) is 9.59 Å². The zero-order valence-electron chi connectivity index (χ0n) is 16.7. The summed E-state index contributed by atoms with van der Waals surface area (Å²) in [5, 5.41) is 2.97. The third-order valence-corrected chi connectivity index (χ3v) is 5.54. The summed E-state index contributed by atoms with van der Waals surface area (Å²) >= 11 is 0. The Morgan fingerprint density at radius 1 is 1.07 bits per heavy atom. The zero-order valence-corrected chi connectivity index (χ0v) is 16.7. The van der Waals surface area contributed by atoms with Gasteiger partial charge in [-0.25, -0.2) is 0 Å². The number of aryl methyl sites for hydroxylation is 2. The van der Waals surface area contributed by atoms with Crippen LogP contribution >= 0.6 is 0 Å². The Hall–Kier alpha value is -2.66. The Kier molecular flexibility index (Phi) is 6.47. The van der Waals surface area contributed by atoms with Crippen molar-refractivity contribution in [1.29, 1.82) is 0 Å². The maximum absolute atomic E-state index is 12.5. The number of anilines is 1. The van der Waals surface area contributed by atoms with Crippen molar-refractivity contribution in [3.8, 4) is 0 Å². The number of primary amides is 1. The first-order valence-electron chi connectivity index (χ1n) is 9.91. The summed E-state index contributed by atoms with van der Waals surface area (Å²) in [6.45, 7) is 6.81. The molecule has 0 radical (unpaired) electrons. The number of hydrogen-bond donors (Lipinski definition) is 2. The zero-order chi connectivity index (χ0) is 20.1. The topological polar surface area (TPSA) is 75.4 Å². The molecule has 0 bridgehead atoms. The molecule has 2 amide bonds. The highest BCUT2D eigenvalue weighted by atomic mass is 16.2. The van der Waals surface area contributed by atoms with Gasteiger partial charge in [-0.15, -0.1) is 0 Å². The number of rotatable bonds is 6. The van der Waals surface area contributed by atoms with Crippen molar-refractivity contribution < 1.29 is 9.59 Å². The number of benzene rings is 2. The molecule has 5 heteroatoms. The Morgan fingerprint density at radius 2 is 1.75 bits per heavy atom. The second-order valence-corrected chi connectivity index (χ2v) is 7.74. The summed E-state index contributed by atoms with van der Waals surface area (Å²) < 4.78 is 0. The van der Waals surface area contributed by atoms with Gasteiger partial charge in [-0.2, -0.15) is 0 Å². The van der Waals surface area contributed by atoms with Crippen LogP contribution in [0.1, 0.15) is 39.9 Å². The molecule has 3 N–H and O–H groups in total. The van der Waals surface area contributed by atoms with Crippen molar-refractivity contribution in [3.63, 3.8) is 0 Å². The minimum Gasteiger partial charge on any atom is -0.369 e. The van der Waals surface area contributed by atoms with E-state index in [-0.39, 0.29) is 17.7 Å². The monoisotopic (exact) mass is 379 g/mol. The van der Waals surface area contributed by atoms with Crippen LogP contribution in [0.15, 0.2) is 42.5 Å². The van der Waals surface area contributed by atoms with Gasteiger partial charge in [-0.3, -0.25) is 9.59 Å². The summed E-state index contributed by atoms with van der Waals surface area (Å²) in [6, 6.07) is 13.9. The third-order valence-electron chi connectivity index (χ3n) is 5.54. The molecule has 0 atom stereocenters. The van der Waals surface area contributed by atoms with E-state index in [0.717, 1.165) is 55.7 Å². The smallest absolute Gasteiger partial charge is 0.255 e. The summed E-state index contributed by atoms with van der Waals surface area (Å²) in [4.78, 5) is 26.1. The van der Waals surface area contributed by atoms with Crippen molar-refractivity contribution in [1.82, 2.24) is 4.90 Å². The van der Waals surface area contributed by atoms with Crippen LogP contribution in [0.4, 0.5) is 5.69 Å². The van der Waals surface area contributed by atoms with Crippen molar-refractivity contribution in [3.05, 3.63) is 64.7 Å². The number of piperidine rings is 1. The maximum atomic E-state index is 12.5. The average molecular weight is 380 g/mol. The van der Waals surface area contributed by atoms with Crippen LogP contribution in [0.5, 0.6) is 0 Å². The fraction of sp³-hybridized carbons (Fsp3) is 0.391. The van der Waals surface area contributed by atoms with Crippen LogP contribution in [0, 0.1) is 19.8 Å². The van der Waals surface area contributed by atoms with Gasteiger partial charge >= 0.3 is 0 Å². The van der Waals surface area contributed by atoms with Crippen LogP contribution < -0.4 is 11.1 Å². The summed E-state index contributed by atoms with van der Waals surface area (Å²) in [5.41, 5.74) is 10.3. The molecule has 28 heavy (non-hydrogen) atoms. The molecule has 1 aliphatic rings. The van der Waals surface area contributed by atoms with Gasteiger partial charge in [0.1, 0.15) is 0 Å². The molecule has 0 unspecified atom stereocenters. The lowest BCUT2D eigenvalue weighted by molar-refractivity contribution is -0.123. The van der Waals surface area contributed by atoms with Crippen molar-refractivity contribution in [2.75, 3.05) is 25.0 Å². The predicted octanol–water partition coefficient (Wildman–Crippen LogP) is 3.30. The van der Waals surface area contributed by atoms with Crippen LogP contribution in [-0.4, -0.2) is 36.3 Å². The minimum atomic E-state index is -0.168. The van der Waals surface area contributed by atoms with Gasteiger partial charge < -0.3 is 16.0 Å². The standard InChI is InChI=1S/C23H29N3O2/c1-16-3-8-21(17(2)15-16)23(28)25-20-6-4-18(5-7-20)9-12-26-13-10-19(11-14-26)22(24)27/h3-8,15,19H,9-14H2,1-2H3,(H2,24,27)(H,25,28). The second kappa shape index (κ2) is 9.02. The molecule has 0 spiro atoms. The van der Waals surface area contributed by atoms with E-state index in [0.29, 0.717) is 5.56 Å². The van der Waals surface area contributed by atoms with E-state index in [2.05, 4.69) is 22.3 Å². The van der Waals surface area contributed by atoms with Gasteiger partial charge in [0.05, 0.1) is 0 Å². The minimum absolute atomic E-state index is 0.0383. The Bertz CT molecular complexity index is 837. The number of nitrogens with zero attached hydrogens (tertiary/aromatic N) is 1. The average Bonchev–Trinajstić information content (AvgIpc) is 2.67. The van der Waals surface area contributed by atoms with E-state index in [1.165, 1.54) is 5.56 Å². The second-order valence-electron chi connectivity index (χ2n) is 7.74. The summed E-state index contributed by atoms with van der Waals surface area (Å²) in [7, 11) is 0. The number of likely N-dealkylation sites (tertiary alicyclic amines) is 1. The van der Waals surface area contributed by atoms with Crippen LogP contribution in [0.2, 0.25) is 0 Å². The highest BCUT2D eigenvalue weighted by Gasteiger charge is 2.22. The van der Waals surface area contributed by atoms with Gasteiger partial charge in [0, 0.05) is 23.7 Å². The quantitative estimate of drug-likeness (QED) is 0.809. The predicted molar refractivity (Wildman–Crippen MR) is 112 cm³/mol. The third kappa shape index (κ3) is 5.20. The van der Waals surface area contributed by atoms with Crippen molar-refractivity contribution in [2.45, 2.75) is 33.1 Å². The Balaban J connectivity index is 1.50. The first-order chi connectivity index (χ1) is 13.4. The first-order valence-corrected chi connectivity index (χ1v) is 9.91. The van der Waals surface area contributed by atoms with Gasteiger partial charge in [0.2, 0.25) is 5.91 Å². The highest BCUT2D eigenvalue weighted by Crippen LogP contribution is 2.18. The van der Waals surface area contributed by atoms with Crippen LogP contribution in [0.3, 0.4) is 0 Å². The molecule has 1 heterocycles. The lowest BCUT2D eigenvalue weighted by Gasteiger charge is -2.30. The molecule has 148 valence electrons. The molecular formula is C23H29N3O2. The number of carbonyl (C=O) groups excluding carboxylic acids is 2. The number of amides is 2. The first kappa shape index (κ1) is 20.1. The highest BCUT2D eigenvalue weighted by molar-refractivity contribution is 6.05. The van der Waals surface area contributed by atoms with Gasteiger partial charge in [0.15, 0.2) is 0 Å². The molecule has 2 aromatic carbocycles. The normalized spacial score (nSPS) is 15.4. The molecule has 5 nitrogen and oxygen atoms in total. The lowest BCUT2D eigenvalue weighted by Crippen LogP contribution is -2.39. The summed E-state index contributed by atoms with van der Waals surface area (Å²) in [6.07, 6.45) is 2.67. The molecule has 1 aliphatic heterocycles. The molecule has 1 saturated heterocycles. The Labute approximate surface area is 166 Å². The number of hydrogen-bond acceptors (Lipinski definition) is 3. The van der Waals surface area contributed by atoms with E-state index < -0.39 is 0 Å². The van der Waals surface area contributed by atoms with E-state index in [1.54, 1.807) is 0 Å². The fourth-order valence-corrected chi connectivity index (χ4v) is 3.75. The summed E-state index contributed by atoms with van der Waals surface area (Å²) in [5.74, 6) is -0.211. The van der Waals surface area contributed by atoms with Crippen molar-refractivity contribution >= 4 is 17.5 Å². The molecule has 1 fully saturated rings. The molecule has 0 saturated carbocycles. The molecular weight excluding hydrogens is 350 g/mol. The molecule has 0 aliphatic carbocycles. The van der Waals surface area contributed by atoms with Gasteiger partial charge in [0.25, 0.3) is 5.91 Å². The SMILES string of the molecule is Cc1ccc(C(=O)Nc2ccc(CCN3CCC(C(N)=O)CC3)cc2)c(C)c1. The van der Waals surface area contributed by atoms with Gasteiger partial charge in [-0.1, -0.05) is 29.8 Å². The van der Waals surface area contributed by atoms with Crippen LogP contribution in [-0.2, 0) is 11.2 Å². The van der Waals surface area contributed by atoms with Crippen molar-refractivity contribution in [2.24, 2.45) is 11.7 Å². The lowest BCUT2D eigenvalue weighted by atomic mass is 9.96. The van der Waals surface area contributed by atoms with E-state index in [4.69, 9.17) is 5.73 Å². The van der Waals surface area contributed by atoms with E-state index in [1.807, 2.05) is 44.2 Å². The van der Waals surface area contributed by atoms with Crippen LogP contribution in [0.25, 0.3) is 0 Å². The van der Waals surface area contributed by atoms with E-state index >= 15 is 0 Å². The Morgan fingerprint density at radius 3 is 2.36 bits per heavy atom. The molecule has 2 aromatic rings. The number of nitrogens with one attached hydrogen (secondary N) is 1. The molecule has 3 rings (SSSR count). The van der Waals surface area contributed by atoms with Gasteiger partial charge in [-0.05, 0) is 75.5 Å². The number of nitrogens with two attached hydrogens (primary N) is 1. The fourth-order valence-electron chi connectivity index (χ4n) is 3.75. The molecule has 0 aromatic heterocycles. The maximum Gasteiger partial charge on any atom is 0.255 e. The number of carbonyl (C=O) groups is 2.